The number of nitrogens with zero attached hydrogens (tertiary/aromatic N) is 3. The fourth-order valence-corrected chi connectivity index (χ4v) is 2.78. The molecule has 2 aromatic carbocycles. The maximum atomic E-state index is 6.20. The van der Waals surface area contributed by atoms with Gasteiger partial charge < -0.3 is 10.6 Å². The number of aromatic nitrogens is 3. The highest BCUT2D eigenvalue weighted by molar-refractivity contribution is 5.93. The fourth-order valence-electron chi connectivity index (χ4n) is 2.78. The third-order valence-corrected chi connectivity index (χ3v) is 3.99. The maximum Gasteiger partial charge on any atom is 0.165 e. The molecule has 0 aliphatic heterocycles. The van der Waals surface area contributed by atoms with Crippen molar-refractivity contribution in [2.75, 3.05) is 12.8 Å². The Kier molecular flexibility index (Phi) is 4.17. The largest absolute Gasteiger partial charge is 0.383 e. The summed E-state index contributed by atoms with van der Waals surface area (Å²) in [6.07, 6.45) is 3.43. The lowest BCUT2D eigenvalue weighted by atomic mass is 10.0. The molecule has 0 saturated heterocycles. The van der Waals surface area contributed by atoms with Gasteiger partial charge in [0.1, 0.15) is 5.82 Å². The molecule has 4 rings (SSSR count). The van der Waals surface area contributed by atoms with E-state index in [1.165, 1.54) is 7.11 Å². The summed E-state index contributed by atoms with van der Waals surface area (Å²) in [6, 6.07) is 17.3. The van der Waals surface area contributed by atoms with Crippen LogP contribution in [0.15, 0.2) is 67.0 Å². The Morgan fingerprint density at radius 1 is 0.885 bits per heavy atom. The summed E-state index contributed by atoms with van der Waals surface area (Å²) in [5.41, 5.74) is 9.79. The number of fused-ring (bicyclic) bond motifs is 1. The highest BCUT2D eigenvalue weighted by Gasteiger charge is 2.09. The number of anilines is 1. The number of pyridine rings is 1. The van der Waals surface area contributed by atoms with E-state index in [4.69, 9.17) is 15.5 Å². The first-order valence-electron chi connectivity index (χ1n) is 8.03. The predicted molar refractivity (Wildman–Crippen MR) is 100 cm³/mol. The van der Waals surface area contributed by atoms with Crippen LogP contribution in [-0.2, 0) is 4.89 Å². The normalized spacial score (nSPS) is 10.8. The molecule has 6 heteroatoms. The van der Waals surface area contributed by atoms with Crippen molar-refractivity contribution in [1.29, 1.82) is 0 Å². The molecular formula is C20H16N4O2. The van der Waals surface area contributed by atoms with Gasteiger partial charge in [0.05, 0.1) is 12.6 Å². The van der Waals surface area contributed by atoms with Crippen LogP contribution in [0, 0.1) is 0 Å². The molecule has 2 heterocycles. The molecule has 6 nitrogen and oxygen atoms in total. The molecule has 0 spiro atoms. The van der Waals surface area contributed by atoms with Gasteiger partial charge in [-0.05, 0) is 47.5 Å². The summed E-state index contributed by atoms with van der Waals surface area (Å²) in [4.78, 5) is 23.0. The number of hydrogen-bond acceptors (Lipinski definition) is 6. The van der Waals surface area contributed by atoms with E-state index in [1.807, 2.05) is 54.6 Å². The van der Waals surface area contributed by atoms with Gasteiger partial charge in [0.15, 0.2) is 11.6 Å². The standard InChI is InChI=1S/C20H16N4O2/c1-25-26-16-6-2-4-13(10-16)14-7-8-18-17(11-14)19(21)24-20(23-18)15-5-3-9-22-12-15/h2-12H,1H3,(H2,21,23,24). The topological polar surface area (TPSA) is 83.2 Å². The van der Waals surface area contributed by atoms with Gasteiger partial charge in [-0.25, -0.2) is 9.97 Å². The average molecular weight is 344 g/mol. The highest BCUT2D eigenvalue weighted by Crippen LogP contribution is 2.29. The van der Waals surface area contributed by atoms with E-state index in [0.717, 1.165) is 27.6 Å². The molecule has 128 valence electrons. The Morgan fingerprint density at radius 2 is 1.73 bits per heavy atom. The van der Waals surface area contributed by atoms with Crippen LogP contribution in [0.5, 0.6) is 5.75 Å². The van der Waals surface area contributed by atoms with E-state index in [-0.39, 0.29) is 0 Å². The zero-order valence-electron chi connectivity index (χ0n) is 14.1. The van der Waals surface area contributed by atoms with Gasteiger partial charge in [-0.3, -0.25) is 4.98 Å². The number of benzene rings is 2. The zero-order valence-corrected chi connectivity index (χ0v) is 14.1. The molecule has 2 aromatic heterocycles. The zero-order chi connectivity index (χ0) is 17.9. The lowest BCUT2D eigenvalue weighted by Crippen LogP contribution is -1.98. The molecule has 0 bridgehead atoms. The number of hydrogen-bond donors (Lipinski definition) is 1. The monoisotopic (exact) mass is 344 g/mol. The van der Waals surface area contributed by atoms with E-state index in [2.05, 4.69) is 15.0 Å². The lowest BCUT2D eigenvalue weighted by Gasteiger charge is -2.09. The first kappa shape index (κ1) is 16.0. The van der Waals surface area contributed by atoms with Crippen molar-refractivity contribution in [3.63, 3.8) is 0 Å². The average Bonchev–Trinajstić information content (AvgIpc) is 2.69. The lowest BCUT2D eigenvalue weighted by molar-refractivity contribution is -0.178. The smallest absolute Gasteiger partial charge is 0.165 e. The summed E-state index contributed by atoms with van der Waals surface area (Å²) >= 11 is 0. The van der Waals surface area contributed by atoms with Crippen molar-refractivity contribution in [2.24, 2.45) is 0 Å². The van der Waals surface area contributed by atoms with Crippen LogP contribution in [0.25, 0.3) is 33.4 Å². The molecule has 0 aliphatic rings. The Hall–Kier alpha value is -3.51. The molecule has 0 amide bonds. The van der Waals surface area contributed by atoms with Crippen LogP contribution in [0.4, 0.5) is 5.82 Å². The van der Waals surface area contributed by atoms with E-state index in [1.54, 1.807) is 12.4 Å². The molecule has 0 radical (unpaired) electrons. The van der Waals surface area contributed by atoms with E-state index >= 15 is 0 Å². The van der Waals surface area contributed by atoms with Crippen LogP contribution in [0.2, 0.25) is 0 Å². The summed E-state index contributed by atoms with van der Waals surface area (Å²) in [6.45, 7) is 0. The molecular weight excluding hydrogens is 328 g/mol. The SMILES string of the molecule is COOc1cccc(-c2ccc3nc(-c4cccnc4)nc(N)c3c2)c1. The van der Waals surface area contributed by atoms with Gasteiger partial charge in [0, 0.05) is 23.3 Å². The van der Waals surface area contributed by atoms with Gasteiger partial charge >= 0.3 is 0 Å². The molecule has 4 aromatic rings. The first-order chi connectivity index (χ1) is 12.7. The maximum absolute atomic E-state index is 6.20. The second kappa shape index (κ2) is 6.78. The third-order valence-electron chi connectivity index (χ3n) is 3.99. The van der Waals surface area contributed by atoms with E-state index in [0.29, 0.717) is 17.4 Å². The van der Waals surface area contributed by atoms with Crippen LogP contribution in [0.3, 0.4) is 0 Å². The van der Waals surface area contributed by atoms with E-state index < -0.39 is 0 Å². The Labute approximate surface area is 150 Å². The fraction of sp³-hybridized carbons (Fsp3) is 0.0500. The van der Waals surface area contributed by atoms with Crippen molar-refractivity contribution in [3.8, 4) is 28.3 Å². The number of rotatable bonds is 4. The first-order valence-corrected chi connectivity index (χ1v) is 8.03. The van der Waals surface area contributed by atoms with Crippen molar-refractivity contribution < 1.29 is 9.78 Å². The summed E-state index contributed by atoms with van der Waals surface area (Å²) in [7, 11) is 1.47. The minimum absolute atomic E-state index is 0.431. The van der Waals surface area contributed by atoms with Crippen LogP contribution in [0.1, 0.15) is 0 Å². The molecule has 0 saturated carbocycles. The quantitative estimate of drug-likeness (QED) is 0.447. The van der Waals surface area contributed by atoms with E-state index in [9.17, 15) is 0 Å². The molecule has 0 unspecified atom stereocenters. The summed E-state index contributed by atoms with van der Waals surface area (Å²) in [5, 5.41) is 0.799. The van der Waals surface area contributed by atoms with Crippen molar-refractivity contribution >= 4 is 16.7 Å². The Bertz CT molecular complexity index is 1070. The van der Waals surface area contributed by atoms with Gasteiger partial charge in [0.2, 0.25) is 0 Å². The van der Waals surface area contributed by atoms with Gasteiger partial charge in [-0.1, -0.05) is 18.2 Å². The third kappa shape index (κ3) is 3.05. The molecule has 2 N–H and O–H groups in total. The minimum Gasteiger partial charge on any atom is -0.383 e. The molecule has 0 atom stereocenters. The summed E-state index contributed by atoms with van der Waals surface area (Å²) in [5.74, 6) is 1.62. The van der Waals surface area contributed by atoms with Crippen LogP contribution >= 0.6 is 0 Å². The number of nitrogens with two attached hydrogens (primary N) is 1. The minimum atomic E-state index is 0.431. The Balaban J connectivity index is 1.79. The van der Waals surface area contributed by atoms with Crippen molar-refractivity contribution in [1.82, 2.24) is 15.0 Å². The van der Waals surface area contributed by atoms with Gasteiger partial charge in [-0.2, -0.15) is 4.89 Å². The van der Waals surface area contributed by atoms with Crippen LogP contribution < -0.4 is 10.6 Å². The van der Waals surface area contributed by atoms with Crippen molar-refractivity contribution in [2.45, 2.75) is 0 Å². The predicted octanol–water partition coefficient (Wildman–Crippen LogP) is 3.88. The van der Waals surface area contributed by atoms with Gasteiger partial charge in [-0.15, -0.1) is 0 Å². The second-order valence-corrected chi connectivity index (χ2v) is 5.68. The molecule has 0 aliphatic carbocycles. The second-order valence-electron chi connectivity index (χ2n) is 5.68. The van der Waals surface area contributed by atoms with Gasteiger partial charge in [0.25, 0.3) is 0 Å². The highest BCUT2D eigenvalue weighted by atomic mass is 17.2. The number of nitrogen functional groups attached to an aromatic ring is 1. The summed E-state index contributed by atoms with van der Waals surface area (Å²) < 4.78 is 0. The van der Waals surface area contributed by atoms with Crippen molar-refractivity contribution in [3.05, 3.63) is 67.0 Å². The molecule has 26 heavy (non-hydrogen) atoms. The molecule has 0 fully saturated rings. The van der Waals surface area contributed by atoms with Crippen LogP contribution in [-0.4, -0.2) is 22.1 Å². The Morgan fingerprint density at radius 3 is 2.54 bits per heavy atom.